The Bertz CT molecular complexity index is 820. The van der Waals surface area contributed by atoms with Gasteiger partial charge in [-0.25, -0.2) is 4.79 Å². The summed E-state index contributed by atoms with van der Waals surface area (Å²) in [6, 6.07) is 18.0. The van der Waals surface area contributed by atoms with Crippen LogP contribution in [0.1, 0.15) is 40.0 Å². The van der Waals surface area contributed by atoms with Gasteiger partial charge in [-0.1, -0.05) is 48.5 Å². The topological polar surface area (TPSA) is 41.6 Å². The number of hydrogen-bond acceptors (Lipinski definition) is 3. The highest BCUT2D eigenvalue weighted by Gasteiger charge is 2.24. The van der Waals surface area contributed by atoms with Crippen LogP contribution in [-0.2, 0) is 4.74 Å². The van der Waals surface area contributed by atoms with Gasteiger partial charge in [0, 0.05) is 31.6 Å². The number of carbonyl (C=O) groups excluding carboxylic acids is 1. The Morgan fingerprint density at radius 2 is 1.59 bits per heavy atom. The number of amides is 1. The number of rotatable bonds is 10. The van der Waals surface area contributed by atoms with Gasteiger partial charge < -0.3 is 14.1 Å². The van der Waals surface area contributed by atoms with Crippen molar-refractivity contribution in [1.29, 1.82) is 0 Å². The number of nitrogens with one attached hydrogen (secondary N) is 1. The minimum Gasteiger partial charge on any atom is -0.446 e. The van der Waals surface area contributed by atoms with Crippen LogP contribution in [0.3, 0.4) is 0 Å². The van der Waals surface area contributed by atoms with Crippen molar-refractivity contribution < 1.29 is 14.0 Å². The first-order valence-corrected chi connectivity index (χ1v) is 12.3. The molecule has 0 spiro atoms. The molecule has 0 aromatic heterocycles. The maximum atomic E-state index is 12.6. The molecule has 0 aliphatic carbocycles. The summed E-state index contributed by atoms with van der Waals surface area (Å²) in [6.45, 7) is 15.0. The van der Waals surface area contributed by atoms with Gasteiger partial charge in [-0.3, -0.25) is 5.32 Å². The van der Waals surface area contributed by atoms with Crippen molar-refractivity contribution >= 4 is 11.8 Å². The van der Waals surface area contributed by atoms with Gasteiger partial charge in [-0.2, -0.15) is 0 Å². The first kappa shape index (κ1) is 24.3. The van der Waals surface area contributed by atoms with Gasteiger partial charge in [0.15, 0.2) is 0 Å². The number of carbonyl (C=O) groups is 1. The van der Waals surface area contributed by atoms with Gasteiger partial charge in [0.25, 0.3) is 0 Å². The van der Waals surface area contributed by atoms with E-state index in [-0.39, 0.29) is 12.2 Å². The highest BCUT2D eigenvalue weighted by molar-refractivity contribution is 5.91. The van der Waals surface area contributed by atoms with E-state index in [1.54, 1.807) is 0 Å². The molecule has 32 heavy (non-hydrogen) atoms. The van der Waals surface area contributed by atoms with Crippen LogP contribution in [0.2, 0.25) is 0 Å². The Balaban J connectivity index is 1.44. The average Bonchev–Trinajstić information content (AvgIpc) is 2.84. The molecular weight excluding hydrogens is 398 g/mol. The van der Waals surface area contributed by atoms with Crippen LogP contribution in [0, 0.1) is 0 Å². The number of quaternary nitrogens is 1. The van der Waals surface area contributed by atoms with Gasteiger partial charge in [-0.15, -0.1) is 0 Å². The van der Waals surface area contributed by atoms with E-state index in [0.717, 1.165) is 49.3 Å². The Kier molecular flexibility index (Phi) is 9.12. The van der Waals surface area contributed by atoms with Crippen LogP contribution in [-0.4, -0.2) is 67.4 Å². The molecule has 0 unspecified atom stereocenters. The predicted octanol–water partition coefficient (Wildman–Crippen LogP) is 5.63. The minimum atomic E-state index is -0.359. The molecule has 1 fully saturated rings. The quantitative estimate of drug-likeness (QED) is 0.489. The van der Waals surface area contributed by atoms with Crippen LogP contribution >= 0.6 is 0 Å². The van der Waals surface area contributed by atoms with Gasteiger partial charge in [0.2, 0.25) is 0 Å². The standard InChI is InChI=1S/C27H39N3O2/c1-4-30(5-2,6-3)22-12-19-29-20-17-24(18-21-29)32-27(31)28-26-16-11-10-15-25(26)23-13-8-7-9-14-23/h7-11,13-16,24H,4-6,12,17-22H2,1-3H3/p+1. The molecule has 2 aromatic carbocycles. The largest absolute Gasteiger partial charge is 0.446 e. The lowest BCUT2D eigenvalue weighted by molar-refractivity contribution is -0.923. The van der Waals surface area contributed by atoms with Crippen molar-refractivity contribution in [2.45, 2.75) is 46.1 Å². The minimum absolute atomic E-state index is 0.00747. The molecule has 1 amide bonds. The van der Waals surface area contributed by atoms with Crippen LogP contribution < -0.4 is 5.32 Å². The lowest BCUT2D eigenvalue weighted by Crippen LogP contribution is -2.49. The summed E-state index contributed by atoms with van der Waals surface area (Å²) in [6.07, 6.45) is 2.68. The fraction of sp³-hybridized carbons (Fsp3) is 0.519. The summed E-state index contributed by atoms with van der Waals surface area (Å²) < 4.78 is 6.98. The molecule has 1 saturated heterocycles. The van der Waals surface area contributed by atoms with Gasteiger partial charge in [-0.05, 0) is 45.2 Å². The molecule has 1 aliphatic rings. The number of piperidine rings is 1. The molecular formula is C27H40N3O2+. The molecule has 3 rings (SSSR count). The SMILES string of the molecule is CC[N+](CC)(CC)CCCN1CCC(OC(=O)Nc2ccccc2-c2ccccc2)CC1. The molecule has 5 heteroatoms. The molecule has 5 nitrogen and oxygen atoms in total. The molecule has 174 valence electrons. The van der Waals surface area contributed by atoms with Gasteiger partial charge >= 0.3 is 6.09 Å². The smallest absolute Gasteiger partial charge is 0.411 e. The predicted molar refractivity (Wildman–Crippen MR) is 133 cm³/mol. The van der Waals surface area contributed by atoms with Crippen molar-refractivity contribution in [2.75, 3.05) is 51.1 Å². The number of likely N-dealkylation sites (tertiary alicyclic amines) is 1. The first-order valence-electron chi connectivity index (χ1n) is 12.3. The summed E-state index contributed by atoms with van der Waals surface area (Å²) in [4.78, 5) is 15.1. The van der Waals surface area contributed by atoms with E-state index in [0.29, 0.717) is 0 Å². The number of ether oxygens (including phenoxy) is 1. The summed E-state index contributed by atoms with van der Waals surface area (Å²) in [5.74, 6) is 0. The maximum Gasteiger partial charge on any atom is 0.411 e. The number of hydrogen-bond donors (Lipinski definition) is 1. The highest BCUT2D eigenvalue weighted by Crippen LogP contribution is 2.28. The van der Waals surface area contributed by atoms with E-state index in [1.165, 1.54) is 37.1 Å². The monoisotopic (exact) mass is 438 g/mol. The molecule has 1 heterocycles. The van der Waals surface area contributed by atoms with E-state index < -0.39 is 0 Å². The normalized spacial score (nSPS) is 15.5. The number of para-hydroxylation sites is 1. The zero-order valence-corrected chi connectivity index (χ0v) is 20.1. The van der Waals surface area contributed by atoms with E-state index in [9.17, 15) is 4.79 Å². The van der Waals surface area contributed by atoms with E-state index in [4.69, 9.17) is 4.74 Å². The first-order chi connectivity index (χ1) is 15.6. The molecule has 1 N–H and O–H groups in total. The Labute approximate surface area is 194 Å². The van der Waals surface area contributed by atoms with E-state index in [2.05, 4.69) is 31.0 Å². The second-order valence-corrected chi connectivity index (χ2v) is 8.85. The summed E-state index contributed by atoms with van der Waals surface area (Å²) >= 11 is 0. The van der Waals surface area contributed by atoms with Crippen LogP contribution in [0.5, 0.6) is 0 Å². The lowest BCUT2D eigenvalue weighted by atomic mass is 10.0. The summed E-state index contributed by atoms with van der Waals surface area (Å²) in [5.41, 5.74) is 2.86. The van der Waals surface area contributed by atoms with Crippen LogP contribution in [0.4, 0.5) is 10.5 Å². The highest BCUT2D eigenvalue weighted by atomic mass is 16.6. The van der Waals surface area contributed by atoms with E-state index in [1.807, 2.05) is 54.6 Å². The fourth-order valence-corrected chi connectivity index (χ4v) is 4.78. The second-order valence-electron chi connectivity index (χ2n) is 8.85. The maximum absolute atomic E-state index is 12.6. The third-order valence-electron chi connectivity index (χ3n) is 7.18. The number of anilines is 1. The fourth-order valence-electron chi connectivity index (χ4n) is 4.78. The Morgan fingerprint density at radius 1 is 0.969 bits per heavy atom. The molecule has 0 atom stereocenters. The summed E-state index contributed by atoms with van der Waals surface area (Å²) in [5, 5.41) is 2.96. The number of nitrogens with zero attached hydrogens (tertiary/aromatic N) is 2. The Hall–Kier alpha value is -2.37. The van der Waals surface area contributed by atoms with Crippen molar-refractivity contribution in [3.05, 3.63) is 54.6 Å². The second kappa shape index (κ2) is 12.0. The third-order valence-corrected chi connectivity index (χ3v) is 7.18. The third kappa shape index (κ3) is 6.57. The average molecular weight is 439 g/mol. The molecule has 0 saturated carbocycles. The van der Waals surface area contributed by atoms with Gasteiger partial charge in [0.1, 0.15) is 6.10 Å². The van der Waals surface area contributed by atoms with Crippen molar-refractivity contribution in [3.8, 4) is 11.1 Å². The van der Waals surface area contributed by atoms with Crippen molar-refractivity contribution in [3.63, 3.8) is 0 Å². The molecule has 0 bridgehead atoms. The van der Waals surface area contributed by atoms with Crippen LogP contribution in [0.25, 0.3) is 11.1 Å². The zero-order chi connectivity index (χ0) is 22.8. The van der Waals surface area contributed by atoms with Crippen molar-refractivity contribution in [2.24, 2.45) is 0 Å². The molecule has 2 aromatic rings. The van der Waals surface area contributed by atoms with Crippen LogP contribution in [0.15, 0.2) is 54.6 Å². The lowest BCUT2D eigenvalue weighted by Gasteiger charge is -2.37. The van der Waals surface area contributed by atoms with Crippen molar-refractivity contribution in [1.82, 2.24) is 4.90 Å². The zero-order valence-electron chi connectivity index (χ0n) is 20.1. The van der Waals surface area contributed by atoms with E-state index >= 15 is 0 Å². The summed E-state index contributed by atoms with van der Waals surface area (Å²) in [7, 11) is 0. The Morgan fingerprint density at radius 3 is 2.25 bits per heavy atom. The molecule has 0 radical (unpaired) electrons. The van der Waals surface area contributed by atoms with Gasteiger partial charge in [0.05, 0.1) is 31.9 Å². The number of benzene rings is 2. The molecule has 1 aliphatic heterocycles.